The van der Waals surface area contributed by atoms with Crippen LogP contribution in [0, 0.1) is 13.8 Å². The number of methoxy groups -OCH3 is 2. The van der Waals surface area contributed by atoms with Gasteiger partial charge < -0.3 is 14.8 Å². The van der Waals surface area contributed by atoms with Gasteiger partial charge in [0.1, 0.15) is 11.5 Å². The van der Waals surface area contributed by atoms with Crippen LogP contribution in [-0.2, 0) is 17.8 Å². The number of nitrogens with zero attached hydrogens (tertiary/aromatic N) is 2. The van der Waals surface area contributed by atoms with Crippen LogP contribution in [0.4, 0.5) is 0 Å². The van der Waals surface area contributed by atoms with Crippen LogP contribution < -0.4 is 14.8 Å². The summed E-state index contributed by atoms with van der Waals surface area (Å²) in [6.45, 7) is 4.46. The minimum Gasteiger partial charge on any atom is -0.497 e. The molecule has 0 aliphatic carbocycles. The molecule has 6 nitrogen and oxygen atoms in total. The smallest absolute Gasteiger partial charge is 0.220 e. The molecule has 0 unspecified atom stereocenters. The van der Waals surface area contributed by atoms with Gasteiger partial charge in [-0.3, -0.25) is 4.79 Å². The van der Waals surface area contributed by atoms with Crippen molar-refractivity contribution in [3.8, 4) is 17.2 Å². The summed E-state index contributed by atoms with van der Waals surface area (Å²) in [7, 11) is 3.28. The van der Waals surface area contributed by atoms with Crippen molar-refractivity contribution in [2.75, 3.05) is 14.2 Å². The third kappa shape index (κ3) is 4.77. The summed E-state index contributed by atoms with van der Waals surface area (Å²) in [5, 5.41) is 7.64. The largest absolute Gasteiger partial charge is 0.497 e. The summed E-state index contributed by atoms with van der Waals surface area (Å²) in [6, 6.07) is 15.5. The van der Waals surface area contributed by atoms with Crippen molar-refractivity contribution in [3.05, 3.63) is 71.0 Å². The number of para-hydroxylation sites is 1. The zero-order valence-electron chi connectivity index (χ0n) is 17.4. The molecule has 0 saturated heterocycles. The second-order valence-corrected chi connectivity index (χ2v) is 6.85. The number of nitrogens with one attached hydrogen (secondary N) is 1. The van der Waals surface area contributed by atoms with Gasteiger partial charge in [-0.15, -0.1) is 0 Å². The van der Waals surface area contributed by atoms with Gasteiger partial charge in [0.05, 0.1) is 25.6 Å². The Kier molecular flexibility index (Phi) is 6.54. The zero-order valence-corrected chi connectivity index (χ0v) is 17.4. The monoisotopic (exact) mass is 393 g/mol. The molecular weight excluding hydrogens is 366 g/mol. The maximum atomic E-state index is 12.4. The van der Waals surface area contributed by atoms with Gasteiger partial charge in [-0.1, -0.05) is 24.3 Å². The third-order valence-electron chi connectivity index (χ3n) is 5.01. The van der Waals surface area contributed by atoms with Crippen LogP contribution in [0.3, 0.4) is 0 Å². The lowest BCUT2D eigenvalue weighted by atomic mass is 10.1. The van der Waals surface area contributed by atoms with Gasteiger partial charge in [0.15, 0.2) is 0 Å². The van der Waals surface area contributed by atoms with Crippen LogP contribution in [0.2, 0.25) is 0 Å². The van der Waals surface area contributed by atoms with Crippen molar-refractivity contribution in [1.82, 2.24) is 15.1 Å². The number of hydrogen-bond acceptors (Lipinski definition) is 4. The van der Waals surface area contributed by atoms with Crippen molar-refractivity contribution in [3.63, 3.8) is 0 Å². The maximum absolute atomic E-state index is 12.4. The normalized spacial score (nSPS) is 10.6. The van der Waals surface area contributed by atoms with Gasteiger partial charge >= 0.3 is 0 Å². The first-order valence-corrected chi connectivity index (χ1v) is 9.61. The average Bonchev–Trinajstić information content (AvgIpc) is 3.04. The molecule has 1 heterocycles. The first kappa shape index (κ1) is 20.5. The van der Waals surface area contributed by atoms with Crippen molar-refractivity contribution >= 4 is 5.91 Å². The molecule has 3 aromatic rings. The Hall–Kier alpha value is -3.28. The van der Waals surface area contributed by atoms with Gasteiger partial charge in [-0.05, 0) is 44.0 Å². The summed E-state index contributed by atoms with van der Waals surface area (Å²) in [4.78, 5) is 12.4. The number of aromatic nitrogens is 2. The molecule has 3 rings (SSSR count). The molecule has 0 bridgehead atoms. The lowest BCUT2D eigenvalue weighted by Crippen LogP contribution is -2.23. The van der Waals surface area contributed by atoms with Crippen LogP contribution in [0.5, 0.6) is 11.5 Å². The first-order valence-electron chi connectivity index (χ1n) is 9.61. The molecule has 0 fully saturated rings. The van der Waals surface area contributed by atoms with Crippen LogP contribution in [0.15, 0.2) is 48.5 Å². The van der Waals surface area contributed by atoms with Crippen LogP contribution >= 0.6 is 0 Å². The lowest BCUT2D eigenvalue weighted by Gasteiger charge is -2.10. The van der Waals surface area contributed by atoms with E-state index in [9.17, 15) is 4.79 Å². The highest BCUT2D eigenvalue weighted by Gasteiger charge is 2.15. The maximum Gasteiger partial charge on any atom is 0.220 e. The molecule has 0 aliphatic rings. The summed E-state index contributed by atoms with van der Waals surface area (Å²) in [6.07, 6.45) is 1.04. The average molecular weight is 393 g/mol. The minimum absolute atomic E-state index is 0.00355. The number of ether oxygens (including phenoxy) is 2. The molecule has 6 heteroatoms. The van der Waals surface area contributed by atoms with Crippen molar-refractivity contribution < 1.29 is 14.3 Å². The van der Waals surface area contributed by atoms with E-state index in [1.807, 2.05) is 67.1 Å². The number of hydrogen-bond donors (Lipinski definition) is 1. The minimum atomic E-state index is 0.00355. The van der Waals surface area contributed by atoms with Gasteiger partial charge in [-0.25, -0.2) is 4.68 Å². The Labute approximate surface area is 171 Å². The molecule has 0 radical (unpaired) electrons. The predicted molar refractivity (Wildman–Crippen MR) is 113 cm³/mol. The Morgan fingerprint density at radius 3 is 2.62 bits per heavy atom. The van der Waals surface area contributed by atoms with Crippen molar-refractivity contribution in [2.45, 2.75) is 33.2 Å². The second-order valence-electron chi connectivity index (χ2n) is 6.85. The van der Waals surface area contributed by atoms with E-state index in [1.165, 1.54) is 0 Å². The molecule has 1 aromatic heterocycles. The number of benzene rings is 2. The molecule has 152 valence electrons. The van der Waals surface area contributed by atoms with E-state index >= 15 is 0 Å². The van der Waals surface area contributed by atoms with Gasteiger partial charge in [-0.2, -0.15) is 5.10 Å². The number of aryl methyl sites for hydroxylation is 1. The fourth-order valence-electron chi connectivity index (χ4n) is 3.40. The fourth-order valence-corrected chi connectivity index (χ4v) is 3.40. The topological polar surface area (TPSA) is 65.4 Å². The van der Waals surface area contributed by atoms with E-state index in [1.54, 1.807) is 14.2 Å². The van der Waals surface area contributed by atoms with Crippen LogP contribution in [0.25, 0.3) is 5.69 Å². The van der Waals surface area contributed by atoms with E-state index in [0.717, 1.165) is 39.7 Å². The van der Waals surface area contributed by atoms with E-state index in [2.05, 4.69) is 10.4 Å². The highest BCUT2D eigenvalue weighted by Crippen LogP contribution is 2.22. The molecule has 29 heavy (non-hydrogen) atoms. The van der Waals surface area contributed by atoms with Crippen molar-refractivity contribution in [1.29, 1.82) is 0 Å². The Balaban J connectivity index is 1.65. The molecule has 0 spiro atoms. The highest BCUT2D eigenvalue weighted by atomic mass is 16.5. The van der Waals surface area contributed by atoms with Crippen molar-refractivity contribution in [2.24, 2.45) is 0 Å². The highest BCUT2D eigenvalue weighted by molar-refractivity contribution is 5.76. The summed E-state index contributed by atoms with van der Waals surface area (Å²) < 4.78 is 12.5. The molecule has 2 aromatic carbocycles. The molecule has 1 amide bonds. The van der Waals surface area contributed by atoms with Gasteiger partial charge in [0.25, 0.3) is 0 Å². The standard InChI is InChI=1S/C23H27N3O3/c1-16-21(17(2)26(25-16)19-9-7-10-20(14-19)28-3)12-13-23(27)24-15-18-8-5-6-11-22(18)29-4/h5-11,14H,12-13,15H2,1-4H3,(H,24,27). The van der Waals surface area contributed by atoms with E-state index in [-0.39, 0.29) is 5.91 Å². The second kappa shape index (κ2) is 9.28. The number of carbonyl (C=O) groups is 1. The molecule has 0 aliphatic heterocycles. The van der Waals surface area contributed by atoms with Gasteiger partial charge in [0, 0.05) is 30.3 Å². The Morgan fingerprint density at radius 1 is 1.07 bits per heavy atom. The Bertz CT molecular complexity index is 995. The van der Waals surface area contributed by atoms with E-state index in [4.69, 9.17) is 9.47 Å². The molecular formula is C23H27N3O3. The van der Waals surface area contributed by atoms with Crippen LogP contribution in [-0.4, -0.2) is 29.9 Å². The number of amides is 1. The third-order valence-corrected chi connectivity index (χ3v) is 5.01. The SMILES string of the molecule is COc1cccc(-n2nc(C)c(CCC(=O)NCc3ccccc3OC)c2C)c1. The summed E-state index contributed by atoms with van der Waals surface area (Å²) >= 11 is 0. The van der Waals surface area contributed by atoms with Gasteiger partial charge in [0.2, 0.25) is 5.91 Å². The molecule has 0 atom stereocenters. The lowest BCUT2D eigenvalue weighted by molar-refractivity contribution is -0.121. The van der Waals surface area contributed by atoms with Crippen LogP contribution in [0.1, 0.15) is 28.9 Å². The first-order chi connectivity index (χ1) is 14.0. The van der Waals surface area contributed by atoms with E-state index in [0.29, 0.717) is 19.4 Å². The zero-order chi connectivity index (χ0) is 20.8. The quantitative estimate of drug-likeness (QED) is 0.633. The predicted octanol–water partition coefficient (Wildman–Crippen LogP) is 3.76. The Morgan fingerprint density at radius 2 is 1.86 bits per heavy atom. The summed E-state index contributed by atoms with van der Waals surface area (Å²) in [5.74, 6) is 1.57. The number of carbonyl (C=O) groups excluding carboxylic acids is 1. The molecule has 1 N–H and O–H groups in total. The fraction of sp³-hybridized carbons (Fsp3) is 0.304. The summed E-state index contributed by atoms with van der Waals surface area (Å²) in [5.41, 5.74) is 4.97. The van der Waals surface area contributed by atoms with E-state index < -0.39 is 0 Å². The molecule has 0 saturated carbocycles. The number of rotatable bonds is 8.